The molecule has 2 aromatic heterocycles. The number of amides is 1. The van der Waals surface area contributed by atoms with Gasteiger partial charge >= 0.3 is 0 Å². The number of carbonyl (C=O) groups is 1. The molecule has 1 aliphatic rings. The molecule has 138 valence electrons. The quantitative estimate of drug-likeness (QED) is 0.695. The van der Waals surface area contributed by atoms with Gasteiger partial charge in [-0.15, -0.1) is 10.2 Å². The number of nitrogens with zero attached hydrogens (tertiary/aromatic N) is 3. The van der Waals surface area contributed by atoms with E-state index in [0.29, 0.717) is 11.6 Å². The summed E-state index contributed by atoms with van der Waals surface area (Å²) in [5.74, 6) is 1.47. The maximum Gasteiger partial charge on any atom is 0.274 e. The van der Waals surface area contributed by atoms with Gasteiger partial charge in [-0.2, -0.15) is 0 Å². The summed E-state index contributed by atoms with van der Waals surface area (Å²) in [5, 5.41) is 10.8. The van der Waals surface area contributed by atoms with E-state index in [1.54, 1.807) is 12.4 Å². The molecule has 1 unspecified atom stereocenters. The molecule has 0 radical (unpaired) electrons. The number of nitrogens with one attached hydrogen (secondary N) is 2. The standard InChI is InChI=1S/C21H23N5O/c1-13-6-9-18(25-20(13)15-7-8-15)21(27)24-17-5-3-4-16(11-17)14(2)10-19-22-12-23-26-19/h3-6,9,11-12,14-15H,7-8,10H2,1-2H3,(H,24,27)(H,22,23,26). The van der Waals surface area contributed by atoms with Gasteiger partial charge < -0.3 is 10.3 Å². The lowest BCUT2D eigenvalue weighted by atomic mass is 9.97. The molecular formula is C21H23N5O. The first-order valence-electron chi connectivity index (χ1n) is 9.34. The van der Waals surface area contributed by atoms with Gasteiger partial charge in [0.25, 0.3) is 5.91 Å². The predicted octanol–water partition coefficient (Wildman–Crippen LogP) is 3.98. The number of aryl methyl sites for hydroxylation is 1. The zero-order valence-electron chi connectivity index (χ0n) is 15.6. The van der Waals surface area contributed by atoms with Crippen LogP contribution in [0.1, 0.15) is 64.7 Å². The summed E-state index contributed by atoms with van der Waals surface area (Å²) in [5.41, 5.74) is 4.62. The molecule has 0 saturated heterocycles. The molecule has 3 aromatic rings. The number of benzene rings is 1. The summed E-state index contributed by atoms with van der Waals surface area (Å²) in [6, 6.07) is 11.7. The van der Waals surface area contributed by atoms with E-state index in [1.807, 2.05) is 24.3 Å². The number of hydrogen-bond donors (Lipinski definition) is 2. The Morgan fingerprint density at radius 1 is 1.30 bits per heavy atom. The van der Waals surface area contributed by atoms with Crippen LogP contribution < -0.4 is 5.32 Å². The Kier molecular flexibility index (Phi) is 4.71. The summed E-state index contributed by atoms with van der Waals surface area (Å²) in [6.45, 7) is 4.19. The van der Waals surface area contributed by atoms with Gasteiger partial charge in [-0.1, -0.05) is 25.1 Å². The molecule has 6 nitrogen and oxygen atoms in total. The molecule has 27 heavy (non-hydrogen) atoms. The summed E-state index contributed by atoms with van der Waals surface area (Å²) in [4.78, 5) is 20.3. The highest BCUT2D eigenvalue weighted by Gasteiger charge is 2.27. The van der Waals surface area contributed by atoms with E-state index in [0.717, 1.165) is 34.8 Å². The van der Waals surface area contributed by atoms with E-state index in [9.17, 15) is 4.79 Å². The molecule has 1 atom stereocenters. The second-order valence-electron chi connectivity index (χ2n) is 7.29. The van der Waals surface area contributed by atoms with Crippen molar-refractivity contribution < 1.29 is 4.79 Å². The molecule has 4 rings (SSSR count). The largest absolute Gasteiger partial charge is 0.332 e. The fraction of sp³-hybridized carbons (Fsp3) is 0.333. The molecule has 1 amide bonds. The summed E-state index contributed by atoms with van der Waals surface area (Å²) < 4.78 is 0. The van der Waals surface area contributed by atoms with Crippen LogP contribution in [0, 0.1) is 6.92 Å². The fourth-order valence-corrected chi connectivity index (χ4v) is 3.30. The lowest BCUT2D eigenvalue weighted by Gasteiger charge is -2.13. The number of rotatable bonds is 6. The van der Waals surface area contributed by atoms with Crippen LogP contribution in [-0.4, -0.2) is 26.1 Å². The molecule has 0 aliphatic heterocycles. The Hall–Kier alpha value is -3.02. The fourth-order valence-electron chi connectivity index (χ4n) is 3.30. The minimum atomic E-state index is -0.170. The first kappa shape index (κ1) is 17.4. The first-order chi connectivity index (χ1) is 13.1. The summed E-state index contributed by atoms with van der Waals surface area (Å²) in [7, 11) is 0. The third-order valence-electron chi connectivity index (χ3n) is 5.01. The van der Waals surface area contributed by atoms with Crippen LogP contribution in [0.15, 0.2) is 42.7 Å². The van der Waals surface area contributed by atoms with Crippen molar-refractivity contribution in [3.05, 3.63) is 71.1 Å². The van der Waals surface area contributed by atoms with Crippen LogP contribution >= 0.6 is 0 Å². The van der Waals surface area contributed by atoms with Gasteiger partial charge in [0.15, 0.2) is 0 Å². The molecule has 2 N–H and O–H groups in total. The van der Waals surface area contributed by atoms with E-state index < -0.39 is 0 Å². The van der Waals surface area contributed by atoms with Gasteiger partial charge in [-0.3, -0.25) is 4.79 Å². The Morgan fingerprint density at radius 2 is 2.15 bits per heavy atom. The molecule has 1 aliphatic carbocycles. The minimum Gasteiger partial charge on any atom is -0.332 e. The first-order valence-corrected chi connectivity index (χ1v) is 9.34. The van der Waals surface area contributed by atoms with Crippen molar-refractivity contribution in [1.82, 2.24) is 20.2 Å². The Morgan fingerprint density at radius 3 is 2.89 bits per heavy atom. The molecule has 0 spiro atoms. The highest BCUT2D eigenvalue weighted by Crippen LogP contribution is 2.40. The van der Waals surface area contributed by atoms with Gasteiger partial charge in [0.2, 0.25) is 0 Å². The van der Waals surface area contributed by atoms with E-state index in [4.69, 9.17) is 0 Å². The number of aromatic amines is 1. The zero-order valence-corrected chi connectivity index (χ0v) is 15.6. The number of pyridine rings is 1. The number of carbonyl (C=O) groups excluding carboxylic acids is 1. The third kappa shape index (κ3) is 4.05. The van der Waals surface area contributed by atoms with Crippen molar-refractivity contribution >= 4 is 11.6 Å². The van der Waals surface area contributed by atoms with Crippen LogP contribution in [0.25, 0.3) is 0 Å². The highest BCUT2D eigenvalue weighted by molar-refractivity contribution is 6.02. The summed E-state index contributed by atoms with van der Waals surface area (Å²) in [6.07, 6.45) is 4.69. The normalized spacial score (nSPS) is 14.7. The van der Waals surface area contributed by atoms with Gasteiger partial charge in [0, 0.05) is 23.7 Å². The molecular weight excluding hydrogens is 338 g/mol. The molecule has 1 aromatic carbocycles. The average molecular weight is 361 g/mol. The lowest BCUT2D eigenvalue weighted by Crippen LogP contribution is -2.15. The second kappa shape index (κ2) is 7.31. The van der Waals surface area contributed by atoms with E-state index in [1.165, 1.54) is 12.8 Å². The Balaban J connectivity index is 1.47. The average Bonchev–Trinajstić information content (AvgIpc) is 3.39. The van der Waals surface area contributed by atoms with Crippen molar-refractivity contribution in [2.24, 2.45) is 0 Å². The van der Waals surface area contributed by atoms with Crippen molar-refractivity contribution in [1.29, 1.82) is 0 Å². The zero-order chi connectivity index (χ0) is 18.8. The monoisotopic (exact) mass is 361 g/mol. The van der Waals surface area contributed by atoms with Gasteiger partial charge in [-0.25, -0.2) is 4.98 Å². The lowest BCUT2D eigenvalue weighted by molar-refractivity contribution is 0.102. The third-order valence-corrected chi connectivity index (χ3v) is 5.01. The van der Waals surface area contributed by atoms with Gasteiger partial charge in [-0.05, 0) is 55.0 Å². The molecule has 0 bridgehead atoms. The molecule has 1 saturated carbocycles. The van der Waals surface area contributed by atoms with E-state index in [2.05, 4.69) is 45.4 Å². The number of anilines is 1. The van der Waals surface area contributed by atoms with Gasteiger partial charge in [0.05, 0.1) is 0 Å². The van der Waals surface area contributed by atoms with E-state index >= 15 is 0 Å². The van der Waals surface area contributed by atoms with E-state index in [-0.39, 0.29) is 11.8 Å². The predicted molar refractivity (Wildman–Crippen MR) is 104 cm³/mol. The molecule has 1 fully saturated rings. The van der Waals surface area contributed by atoms with Gasteiger partial charge in [0.1, 0.15) is 17.8 Å². The number of hydrogen-bond acceptors (Lipinski definition) is 4. The number of H-pyrrole nitrogens is 1. The number of aromatic nitrogens is 4. The topological polar surface area (TPSA) is 83.6 Å². The van der Waals surface area contributed by atoms with Crippen LogP contribution in [-0.2, 0) is 6.42 Å². The summed E-state index contributed by atoms with van der Waals surface area (Å²) >= 11 is 0. The second-order valence-corrected chi connectivity index (χ2v) is 7.29. The highest BCUT2D eigenvalue weighted by atomic mass is 16.1. The maximum atomic E-state index is 12.7. The van der Waals surface area contributed by atoms with Crippen LogP contribution in [0.3, 0.4) is 0 Å². The molecule has 6 heteroatoms. The smallest absolute Gasteiger partial charge is 0.274 e. The Labute approximate surface area is 158 Å². The van der Waals surface area contributed by atoms with Crippen molar-refractivity contribution in [3.63, 3.8) is 0 Å². The SMILES string of the molecule is Cc1ccc(C(=O)Nc2cccc(C(C)Cc3nnc[nH]3)c2)nc1C1CC1. The van der Waals surface area contributed by atoms with Crippen molar-refractivity contribution in [2.75, 3.05) is 5.32 Å². The van der Waals surface area contributed by atoms with Crippen molar-refractivity contribution in [3.8, 4) is 0 Å². The van der Waals surface area contributed by atoms with Crippen LogP contribution in [0.4, 0.5) is 5.69 Å². The van der Waals surface area contributed by atoms with Crippen molar-refractivity contribution in [2.45, 2.75) is 44.9 Å². The Bertz CT molecular complexity index is 947. The maximum absolute atomic E-state index is 12.7. The molecule has 2 heterocycles. The minimum absolute atomic E-state index is 0.170. The van der Waals surface area contributed by atoms with Crippen LogP contribution in [0.5, 0.6) is 0 Å². The van der Waals surface area contributed by atoms with Crippen LogP contribution in [0.2, 0.25) is 0 Å².